The van der Waals surface area contributed by atoms with Gasteiger partial charge < -0.3 is 23.7 Å². The van der Waals surface area contributed by atoms with Gasteiger partial charge in [0.2, 0.25) is 0 Å². The molecule has 11 rings (SSSR count). The summed E-state index contributed by atoms with van der Waals surface area (Å²) in [7, 11) is 2.90. The maximum atomic E-state index is 13.0. The summed E-state index contributed by atoms with van der Waals surface area (Å²) in [6.07, 6.45) is 17.7. The van der Waals surface area contributed by atoms with Crippen LogP contribution in [0.5, 0.6) is 0 Å². The first-order valence-electron chi connectivity index (χ1n) is 22.9. The van der Waals surface area contributed by atoms with Gasteiger partial charge in [-0.1, -0.05) is 57.9 Å². The predicted molar refractivity (Wildman–Crippen MR) is 260 cm³/mol. The Hall–Kier alpha value is -0.826. The zero-order valence-electron chi connectivity index (χ0n) is 37.2. The Balaban J connectivity index is 0.000000160. The van der Waals surface area contributed by atoms with E-state index in [1.807, 2.05) is 0 Å². The summed E-state index contributed by atoms with van der Waals surface area (Å²) in [5.41, 5.74) is 1.55. The van der Waals surface area contributed by atoms with Gasteiger partial charge in [0.15, 0.2) is 11.6 Å². The average Bonchev–Trinajstić information content (AvgIpc) is 3.45. The Kier molecular flexibility index (Phi) is 13.4. The molecule has 0 aromatic carbocycles. The third-order valence-corrected chi connectivity index (χ3v) is 19.4. The van der Waals surface area contributed by atoms with Crippen LogP contribution in [0.15, 0.2) is 34.9 Å². The van der Waals surface area contributed by atoms with Crippen molar-refractivity contribution >= 4 is 95.4 Å². The molecule has 0 N–H and O–H groups in total. The van der Waals surface area contributed by atoms with Crippen LogP contribution in [-0.2, 0) is 57.4 Å². The number of carbonyl (C=O) groups is 6. The van der Waals surface area contributed by atoms with Crippen molar-refractivity contribution in [3.05, 3.63) is 34.9 Å². The van der Waals surface area contributed by atoms with Crippen molar-refractivity contribution in [2.75, 3.05) is 14.2 Å². The molecule has 0 bridgehead atoms. The molecular weight excluding hydrogens is 1200 g/mol. The molecule has 15 heteroatoms. The van der Waals surface area contributed by atoms with Crippen LogP contribution in [0.1, 0.15) is 138 Å². The quantitative estimate of drug-likeness (QED) is 0.0854. The number of methoxy groups -OCH3 is 2. The number of carbonyl (C=O) groups excluding carboxylic acids is 6. The fourth-order valence-corrected chi connectivity index (χ4v) is 16.2. The molecule has 352 valence electrons. The van der Waals surface area contributed by atoms with Gasteiger partial charge >= 0.3 is 88.7 Å². The van der Waals surface area contributed by atoms with E-state index >= 15 is 0 Å². The molecule has 0 aromatic rings. The van der Waals surface area contributed by atoms with Crippen molar-refractivity contribution in [2.24, 2.45) is 57.2 Å². The van der Waals surface area contributed by atoms with Crippen LogP contribution in [0.4, 0.5) is 0 Å². The van der Waals surface area contributed by atoms with Gasteiger partial charge in [0.1, 0.15) is 16.8 Å². The third kappa shape index (κ3) is 7.14. The molecule has 3 aliphatic heterocycles. The van der Waals surface area contributed by atoms with Crippen molar-refractivity contribution in [2.45, 2.75) is 161 Å². The van der Waals surface area contributed by atoms with E-state index in [1.54, 1.807) is 12.2 Å². The molecule has 5 saturated carbocycles. The van der Waals surface area contributed by atoms with Crippen LogP contribution in [0, 0.1) is 57.2 Å². The van der Waals surface area contributed by atoms with Crippen LogP contribution in [0.2, 0.25) is 0 Å². The third-order valence-electron chi connectivity index (χ3n) is 19.4. The number of rotatable bonds is 2. The minimum atomic E-state index is -0.424. The average molecular weight is 1260 g/mol. The molecule has 64 heavy (non-hydrogen) atoms. The van der Waals surface area contributed by atoms with Crippen molar-refractivity contribution in [1.82, 2.24) is 0 Å². The van der Waals surface area contributed by atoms with Gasteiger partial charge in [-0.2, -0.15) is 0 Å². The van der Waals surface area contributed by atoms with Crippen LogP contribution in [-0.4, -0.2) is 72.6 Å². The number of hydrogen-bond donors (Lipinski definition) is 0. The molecule has 14 atom stereocenters. The number of halogens is 3. The Morgan fingerprint density at radius 3 is 1.81 bits per heavy atom. The molecule has 0 radical (unpaired) electrons. The zero-order chi connectivity index (χ0) is 45.3. The van der Waals surface area contributed by atoms with E-state index in [-0.39, 0.29) is 111 Å². The van der Waals surface area contributed by atoms with E-state index in [9.17, 15) is 28.8 Å². The van der Waals surface area contributed by atoms with Crippen LogP contribution in [0.25, 0.3) is 0 Å². The molecule has 11 nitrogen and oxygen atoms in total. The summed E-state index contributed by atoms with van der Waals surface area (Å²) in [6, 6.07) is 0. The molecule has 3 heterocycles. The van der Waals surface area contributed by atoms with Gasteiger partial charge in [-0.05, 0) is 107 Å². The summed E-state index contributed by atoms with van der Waals surface area (Å²) in [5.74, 6) is -0.197. The van der Waals surface area contributed by atoms with Gasteiger partial charge in [0.05, 0.1) is 32.2 Å². The van der Waals surface area contributed by atoms with E-state index in [0.29, 0.717) is 38.5 Å². The number of allylic oxidation sites excluding steroid dienone is 4. The van der Waals surface area contributed by atoms with E-state index < -0.39 is 16.8 Å². The first-order chi connectivity index (χ1) is 29.7. The van der Waals surface area contributed by atoms with Gasteiger partial charge in [0, 0.05) is 53.3 Å². The van der Waals surface area contributed by atoms with Crippen molar-refractivity contribution in [3.63, 3.8) is 0 Å². The summed E-state index contributed by atoms with van der Waals surface area (Å²) >= 11 is 7.39. The minimum absolute atomic E-state index is 0. The predicted octanol–water partition coefficient (Wildman–Crippen LogP) is 10.3. The van der Waals surface area contributed by atoms with Crippen LogP contribution < -0.4 is 0 Å². The molecule has 0 amide bonds. The Bertz CT molecular complexity index is 2140. The summed E-state index contributed by atoms with van der Waals surface area (Å²) in [4.78, 5) is 74.2. The summed E-state index contributed by atoms with van der Waals surface area (Å²) < 4.78 is 29.1. The molecule has 8 aliphatic carbocycles. The van der Waals surface area contributed by atoms with Gasteiger partial charge in [-0.25, -0.2) is 0 Å². The first kappa shape index (κ1) is 49.6. The number of ketones is 2. The Morgan fingerprint density at radius 2 is 1.23 bits per heavy atom. The van der Waals surface area contributed by atoms with E-state index in [1.165, 1.54) is 19.8 Å². The van der Waals surface area contributed by atoms with E-state index in [0.717, 1.165) is 75.4 Å². The Morgan fingerprint density at radius 1 is 0.703 bits per heavy atom. The molecule has 11 aliphatic rings. The topological polar surface area (TPSA) is 152 Å². The van der Waals surface area contributed by atoms with Gasteiger partial charge in [0.25, 0.3) is 0 Å². The number of epoxide rings is 1. The van der Waals surface area contributed by atoms with E-state index in [2.05, 4.69) is 93.7 Å². The monoisotopic (exact) mass is 1260 g/mol. The number of ether oxygens (including phenoxy) is 5. The van der Waals surface area contributed by atoms with Crippen molar-refractivity contribution in [3.8, 4) is 0 Å². The fourth-order valence-electron chi connectivity index (χ4n) is 16.2. The maximum absolute atomic E-state index is 13.0. The summed E-state index contributed by atoms with van der Waals surface area (Å²) in [6.45, 7) is 9.03. The van der Waals surface area contributed by atoms with Crippen LogP contribution >= 0.6 is 59.9 Å². The zero-order valence-corrected chi connectivity index (χ0v) is 45.0. The molecule has 8 fully saturated rings. The molecule has 3 saturated heterocycles. The Labute approximate surface area is 415 Å². The normalized spacial score (nSPS) is 46.2. The first-order valence-corrected chi connectivity index (χ1v) is 36.4. The second-order valence-corrected chi connectivity index (χ2v) is 56.7. The fraction of sp³-hybridized carbons (Fsp3) is 0.755. The molecule has 4 unspecified atom stereocenters. The summed E-state index contributed by atoms with van der Waals surface area (Å²) in [5, 5.41) is 0. The van der Waals surface area contributed by atoms with Gasteiger partial charge in [-0.3, -0.25) is 28.8 Å². The van der Waals surface area contributed by atoms with E-state index in [4.69, 9.17) is 23.7 Å². The number of fused-ring (bicyclic) bond motifs is 10. The van der Waals surface area contributed by atoms with Crippen molar-refractivity contribution < 1.29 is 57.4 Å². The number of esters is 4. The number of hydrogen-bond acceptors (Lipinski definition) is 11. The molecule has 0 aromatic heterocycles. The molecule has 3 spiro atoms. The SMILES string of the molecule is C.COC(=O)[C@@H]1CC2=CC(=O)CC[C@]2(C)C2=CC[C@@]3(C)C(CC[C@@]34CCC(=O)O4)C21.COC(=O)[C@@H]1CC2=CC(=O)CC[C@]2(C)[C@@]23O[C@@H]2C[C@@]2(C)C(CC[C@@]24CCC(=O)O4)C13.[I][V]([I])[I]. The second-order valence-electron chi connectivity index (χ2n) is 21.4. The van der Waals surface area contributed by atoms with Crippen molar-refractivity contribution in [1.29, 1.82) is 0 Å². The molecular formula is C49H64I3O11V. The van der Waals surface area contributed by atoms with Crippen LogP contribution in [0.3, 0.4) is 0 Å². The van der Waals surface area contributed by atoms with Gasteiger partial charge in [-0.15, -0.1) is 0 Å². The second kappa shape index (κ2) is 17.2. The standard InChI is InChI=1S/C24H30O6.C24H30O5.CH4.3HI.V/c1-21-7-4-14(25)10-13(21)11-15(20(27)28-3)19-16-5-8-23(9-6-18(26)30-23)22(16,2)12-17-24(19,21)29-17;1-22-8-4-15(25)12-14(22)13-16(21(27)28-3)20-17(22)5-9-23(2)18(20)6-10-24(23)11-7-19(26)29-24;;;;;/h10,15-17,19H,4-9,11-12H2,1-3H3;5,12,16,18,20H,4,6-11,13H2,1-3H3;1H4;3*1H;/q;;;;;;+3/p-3/t15-,16?,17-,19?,21+,22+,23-,24-;16-,18?,20?,22+,23+,24-;;;;;/m11...../s1.